The largest absolute Gasteiger partial charge is 0.332 e. The van der Waals surface area contributed by atoms with Gasteiger partial charge in [0.25, 0.3) is 0 Å². The number of aromatic nitrogens is 1. The van der Waals surface area contributed by atoms with E-state index in [9.17, 15) is 5.73 Å². The van der Waals surface area contributed by atoms with Gasteiger partial charge in [-0.15, -0.1) is 5.73 Å². The quantitative estimate of drug-likeness (QED) is 0.592. The Labute approximate surface area is 61.7 Å². The third-order valence-electron chi connectivity index (χ3n) is 1.74. The van der Waals surface area contributed by atoms with Gasteiger partial charge in [-0.05, 0) is 25.0 Å². The normalized spacial score (nSPS) is 10.2. The van der Waals surface area contributed by atoms with Crippen LogP contribution in [0.1, 0.15) is 19.4 Å². The molecule has 10 heavy (non-hydrogen) atoms. The zero-order valence-corrected chi connectivity index (χ0v) is 6.46. The van der Waals surface area contributed by atoms with Crippen molar-refractivity contribution in [2.24, 2.45) is 0 Å². The lowest BCUT2D eigenvalue weighted by Crippen LogP contribution is -1.92. The summed E-state index contributed by atoms with van der Waals surface area (Å²) in [5.74, 6) is 0.421. The van der Waals surface area contributed by atoms with Crippen molar-refractivity contribution < 1.29 is 0 Å². The topological polar surface area (TPSA) is 27.2 Å². The van der Waals surface area contributed by atoms with E-state index in [4.69, 9.17) is 0 Å². The van der Waals surface area contributed by atoms with E-state index in [0.717, 1.165) is 18.5 Å². The molecule has 54 valence electrons. The summed E-state index contributed by atoms with van der Waals surface area (Å²) in [5, 5.41) is 0. The van der Waals surface area contributed by atoms with E-state index < -0.39 is 0 Å². The minimum absolute atomic E-state index is 0.421. The van der Waals surface area contributed by atoms with E-state index in [1.807, 2.05) is 30.7 Å². The van der Waals surface area contributed by atoms with Gasteiger partial charge in [-0.2, -0.15) is 0 Å². The summed E-state index contributed by atoms with van der Waals surface area (Å²) in [6.07, 6.45) is 2.81. The van der Waals surface area contributed by atoms with Crippen LogP contribution >= 0.6 is 0 Å². The monoisotopic (exact) mass is 136 g/mol. The first-order valence-electron chi connectivity index (χ1n) is 3.66. The van der Waals surface area contributed by atoms with E-state index in [0.29, 0.717) is 5.82 Å². The molecule has 0 aromatic carbocycles. The fourth-order valence-electron chi connectivity index (χ4n) is 1.04. The molecule has 1 rings (SSSR count). The molecule has 2 heteroatoms. The first kappa shape index (κ1) is 7.19. The van der Waals surface area contributed by atoms with Crippen LogP contribution in [0.4, 0.5) is 5.82 Å². The van der Waals surface area contributed by atoms with E-state index in [1.165, 1.54) is 0 Å². The highest BCUT2D eigenvalue weighted by atomic mass is 15.0. The highest BCUT2D eigenvalue weighted by Gasteiger charge is 2.02. The maximum absolute atomic E-state index is 9.39. The fourth-order valence-corrected chi connectivity index (χ4v) is 1.04. The second kappa shape index (κ2) is 2.78. The summed E-state index contributed by atoms with van der Waals surface area (Å²) in [4.78, 5) is 0. The zero-order chi connectivity index (χ0) is 7.56. The van der Waals surface area contributed by atoms with Crippen LogP contribution in [0.2, 0.25) is 0 Å². The predicted molar refractivity (Wildman–Crippen MR) is 41.3 cm³/mol. The molecule has 1 heterocycles. The van der Waals surface area contributed by atoms with Crippen molar-refractivity contribution in [1.82, 2.24) is 10.3 Å². The number of nitrogens with zero attached hydrogens (tertiary/aromatic N) is 2. The molecule has 2 nitrogen and oxygen atoms in total. The molecule has 0 N–H and O–H groups in total. The van der Waals surface area contributed by atoms with Crippen molar-refractivity contribution in [1.29, 1.82) is 0 Å². The van der Waals surface area contributed by atoms with Crippen molar-refractivity contribution in [2.75, 3.05) is 0 Å². The molecular formula is C8H12N2. The fraction of sp³-hybridized carbons (Fsp3) is 0.500. The van der Waals surface area contributed by atoms with Gasteiger partial charge in [0.05, 0.1) is 0 Å². The van der Waals surface area contributed by atoms with Gasteiger partial charge in [0.15, 0.2) is 5.82 Å². The summed E-state index contributed by atoms with van der Waals surface area (Å²) in [5.41, 5.74) is 10.4. The second-order valence-corrected chi connectivity index (χ2v) is 2.30. The standard InChI is InChI=1S/C8H12N2/c1-3-7-5-6-10(4-2)8(7)9/h5-6H,3-4H2,1-2H3. The SMILES string of the molecule is CCc1ccn(CC)c1[N]. The molecule has 1 aromatic rings. The van der Waals surface area contributed by atoms with Crippen LogP contribution in [0.15, 0.2) is 12.3 Å². The van der Waals surface area contributed by atoms with Crippen LogP contribution in [0.5, 0.6) is 0 Å². The molecule has 0 aliphatic carbocycles. The Morgan fingerprint density at radius 3 is 2.50 bits per heavy atom. The lowest BCUT2D eigenvalue weighted by Gasteiger charge is -1.97. The molecule has 0 saturated heterocycles. The van der Waals surface area contributed by atoms with Gasteiger partial charge in [-0.1, -0.05) is 6.92 Å². The Kier molecular flexibility index (Phi) is 2.00. The molecule has 0 atom stereocenters. The van der Waals surface area contributed by atoms with Crippen molar-refractivity contribution in [3.63, 3.8) is 0 Å². The number of hydrogen-bond donors (Lipinski definition) is 0. The third kappa shape index (κ3) is 1.01. The van der Waals surface area contributed by atoms with Gasteiger partial charge in [-0.3, -0.25) is 0 Å². The highest BCUT2D eigenvalue weighted by Crippen LogP contribution is 2.14. The molecule has 0 amide bonds. The first-order chi connectivity index (χ1) is 4.79. The van der Waals surface area contributed by atoms with Gasteiger partial charge >= 0.3 is 0 Å². The molecule has 0 bridgehead atoms. The molecule has 2 radical (unpaired) electrons. The molecule has 1 aromatic heterocycles. The Morgan fingerprint density at radius 2 is 2.20 bits per heavy atom. The van der Waals surface area contributed by atoms with Crippen LogP contribution in [0.25, 0.3) is 0 Å². The highest BCUT2D eigenvalue weighted by molar-refractivity contribution is 5.37. The van der Waals surface area contributed by atoms with E-state index in [1.54, 1.807) is 0 Å². The number of rotatable bonds is 2. The Hall–Kier alpha value is -0.920. The average molecular weight is 136 g/mol. The molecular weight excluding hydrogens is 124 g/mol. The third-order valence-corrected chi connectivity index (χ3v) is 1.74. The van der Waals surface area contributed by atoms with Gasteiger partial charge in [0.1, 0.15) is 0 Å². The van der Waals surface area contributed by atoms with Gasteiger partial charge in [0, 0.05) is 12.7 Å². The van der Waals surface area contributed by atoms with Crippen molar-refractivity contribution in [3.05, 3.63) is 17.8 Å². The van der Waals surface area contributed by atoms with Crippen molar-refractivity contribution in [3.8, 4) is 0 Å². The van der Waals surface area contributed by atoms with Crippen LogP contribution < -0.4 is 5.73 Å². The summed E-state index contributed by atoms with van der Waals surface area (Å²) in [7, 11) is 0. The first-order valence-corrected chi connectivity index (χ1v) is 3.66. The summed E-state index contributed by atoms with van der Waals surface area (Å²) in [6.45, 7) is 4.89. The lowest BCUT2D eigenvalue weighted by atomic mass is 10.2. The summed E-state index contributed by atoms with van der Waals surface area (Å²) >= 11 is 0. The molecule has 0 unspecified atom stereocenters. The van der Waals surface area contributed by atoms with Gasteiger partial charge in [0.2, 0.25) is 0 Å². The van der Waals surface area contributed by atoms with E-state index >= 15 is 0 Å². The zero-order valence-electron chi connectivity index (χ0n) is 6.46. The van der Waals surface area contributed by atoms with Crippen LogP contribution in [0, 0.1) is 0 Å². The minimum atomic E-state index is 0.421. The average Bonchev–Trinajstić information content (AvgIpc) is 2.30. The Balaban J connectivity index is 2.97. The summed E-state index contributed by atoms with van der Waals surface area (Å²) in [6, 6.07) is 1.96. The maximum Gasteiger partial charge on any atom is 0.158 e. The maximum atomic E-state index is 9.39. The van der Waals surface area contributed by atoms with Crippen LogP contribution in [-0.4, -0.2) is 4.57 Å². The van der Waals surface area contributed by atoms with Gasteiger partial charge in [-0.25, -0.2) is 0 Å². The number of aryl methyl sites for hydroxylation is 2. The van der Waals surface area contributed by atoms with Crippen molar-refractivity contribution in [2.45, 2.75) is 26.8 Å². The predicted octanol–water partition coefficient (Wildman–Crippen LogP) is 1.77. The Bertz CT molecular complexity index is 192. The molecule has 0 spiro atoms. The number of hydrogen-bond acceptors (Lipinski definition) is 0. The van der Waals surface area contributed by atoms with Gasteiger partial charge < -0.3 is 4.57 Å². The molecule has 0 fully saturated rings. The second-order valence-electron chi connectivity index (χ2n) is 2.30. The molecule has 0 saturated carbocycles. The van der Waals surface area contributed by atoms with Crippen molar-refractivity contribution >= 4 is 5.82 Å². The van der Waals surface area contributed by atoms with Crippen LogP contribution in [0.3, 0.4) is 0 Å². The van der Waals surface area contributed by atoms with Crippen LogP contribution in [-0.2, 0) is 13.0 Å². The lowest BCUT2D eigenvalue weighted by molar-refractivity contribution is 0.765. The Morgan fingerprint density at radius 1 is 1.50 bits per heavy atom. The minimum Gasteiger partial charge on any atom is -0.332 e. The molecule has 0 aliphatic heterocycles. The smallest absolute Gasteiger partial charge is 0.158 e. The molecule has 0 aliphatic rings. The summed E-state index contributed by atoms with van der Waals surface area (Å²) < 4.78 is 1.83. The van der Waals surface area contributed by atoms with E-state index in [-0.39, 0.29) is 0 Å². The van der Waals surface area contributed by atoms with E-state index in [2.05, 4.69) is 0 Å².